The lowest BCUT2D eigenvalue weighted by molar-refractivity contribution is 0.410. The lowest BCUT2D eigenvalue weighted by atomic mass is 10.1. The van der Waals surface area contributed by atoms with Gasteiger partial charge in [0.2, 0.25) is 0 Å². The third-order valence-electron chi connectivity index (χ3n) is 3.37. The summed E-state index contributed by atoms with van der Waals surface area (Å²) in [4.78, 5) is 12.0. The summed E-state index contributed by atoms with van der Waals surface area (Å²) < 4.78 is 19.8. The predicted octanol–water partition coefficient (Wildman–Crippen LogP) is 2.30. The van der Waals surface area contributed by atoms with E-state index in [9.17, 15) is 9.18 Å². The highest BCUT2D eigenvalue weighted by Gasteiger charge is 2.13. The molecule has 22 heavy (non-hydrogen) atoms. The van der Waals surface area contributed by atoms with E-state index in [0.717, 1.165) is 11.3 Å². The minimum absolute atomic E-state index is 0.355. The van der Waals surface area contributed by atoms with Crippen molar-refractivity contribution in [3.8, 4) is 11.4 Å². The third-order valence-corrected chi connectivity index (χ3v) is 3.37. The molecule has 2 aromatic carbocycles. The van der Waals surface area contributed by atoms with Gasteiger partial charge >= 0.3 is 5.69 Å². The average Bonchev–Trinajstić information content (AvgIpc) is 2.89. The Balaban J connectivity index is 2.02. The van der Waals surface area contributed by atoms with Gasteiger partial charge in [-0.05, 0) is 30.3 Å². The van der Waals surface area contributed by atoms with Crippen LogP contribution >= 0.6 is 0 Å². The fourth-order valence-corrected chi connectivity index (χ4v) is 2.32. The van der Waals surface area contributed by atoms with Gasteiger partial charge in [0.1, 0.15) is 17.4 Å². The Hall–Kier alpha value is -2.89. The van der Waals surface area contributed by atoms with Crippen LogP contribution in [0.2, 0.25) is 0 Å². The van der Waals surface area contributed by atoms with Crippen molar-refractivity contribution in [3.63, 3.8) is 0 Å². The van der Waals surface area contributed by atoms with E-state index in [2.05, 4.69) is 10.2 Å². The number of aromatic amines is 1. The van der Waals surface area contributed by atoms with Crippen LogP contribution in [0.1, 0.15) is 11.4 Å². The van der Waals surface area contributed by atoms with Crippen molar-refractivity contribution in [2.45, 2.75) is 6.42 Å². The third kappa shape index (κ3) is 2.63. The van der Waals surface area contributed by atoms with Gasteiger partial charge in [0.05, 0.1) is 12.8 Å². The standard InChI is InChI=1S/C16H14FN3O2/c1-22-14-5-3-2-4-11(14)10-15-18-19-16(21)20(15)13-8-6-12(17)7-9-13/h2-9H,10H2,1H3,(H,19,21). The number of para-hydroxylation sites is 1. The quantitative estimate of drug-likeness (QED) is 0.804. The number of rotatable bonds is 4. The molecule has 1 N–H and O–H groups in total. The van der Waals surface area contributed by atoms with E-state index in [1.165, 1.54) is 28.8 Å². The number of halogens is 1. The van der Waals surface area contributed by atoms with E-state index in [1.54, 1.807) is 7.11 Å². The van der Waals surface area contributed by atoms with E-state index >= 15 is 0 Å². The van der Waals surface area contributed by atoms with Gasteiger partial charge in [0.25, 0.3) is 0 Å². The largest absolute Gasteiger partial charge is 0.496 e. The van der Waals surface area contributed by atoms with Crippen molar-refractivity contribution in [3.05, 3.63) is 76.2 Å². The fourth-order valence-electron chi connectivity index (χ4n) is 2.32. The van der Waals surface area contributed by atoms with E-state index in [4.69, 9.17) is 4.74 Å². The van der Waals surface area contributed by atoms with Crippen molar-refractivity contribution in [1.82, 2.24) is 14.8 Å². The summed E-state index contributed by atoms with van der Waals surface area (Å²) in [7, 11) is 1.59. The maximum atomic E-state index is 13.0. The number of hydrogen-bond donors (Lipinski definition) is 1. The Morgan fingerprint density at radius 1 is 1.18 bits per heavy atom. The van der Waals surface area contributed by atoms with E-state index in [0.29, 0.717) is 17.9 Å². The van der Waals surface area contributed by atoms with Gasteiger partial charge in [-0.2, -0.15) is 5.10 Å². The molecule has 0 amide bonds. The van der Waals surface area contributed by atoms with E-state index in [1.807, 2.05) is 24.3 Å². The molecule has 0 fully saturated rings. The molecule has 1 aromatic heterocycles. The maximum Gasteiger partial charge on any atom is 0.347 e. The smallest absolute Gasteiger partial charge is 0.347 e. The van der Waals surface area contributed by atoms with Crippen LogP contribution in [0.3, 0.4) is 0 Å². The molecule has 0 aliphatic carbocycles. The van der Waals surface area contributed by atoms with Crippen molar-refractivity contribution >= 4 is 0 Å². The van der Waals surface area contributed by atoms with E-state index < -0.39 is 0 Å². The van der Waals surface area contributed by atoms with E-state index in [-0.39, 0.29) is 11.5 Å². The first-order chi connectivity index (χ1) is 10.7. The van der Waals surface area contributed by atoms with Crippen LogP contribution in [0.4, 0.5) is 4.39 Å². The second-order valence-corrected chi connectivity index (χ2v) is 4.75. The van der Waals surface area contributed by atoms with Crippen LogP contribution in [0.5, 0.6) is 5.75 Å². The molecule has 3 rings (SSSR count). The van der Waals surface area contributed by atoms with Gasteiger partial charge in [0.15, 0.2) is 0 Å². The number of H-pyrrole nitrogens is 1. The summed E-state index contributed by atoms with van der Waals surface area (Å²) in [6.45, 7) is 0. The lowest BCUT2D eigenvalue weighted by Gasteiger charge is -2.09. The van der Waals surface area contributed by atoms with Gasteiger partial charge < -0.3 is 4.74 Å². The number of benzene rings is 2. The van der Waals surface area contributed by atoms with Crippen LogP contribution in [-0.4, -0.2) is 21.9 Å². The molecular weight excluding hydrogens is 285 g/mol. The zero-order chi connectivity index (χ0) is 15.5. The van der Waals surface area contributed by atoms with Gasteiger partial charge in [-0.1, -0.05) is 18.2 Å². The second kappa shape index (κ2) is 5.85. The molecule has 0 aliphatic rings. The normalized spacial score (nSPS) is 10.6. The molecule has 6 heteroatoms. The molecule has 5 nitrogen and oxygen atoms in total. The van der Waals surface area contributed by atoms with Crippen molar-refractivity contribution in [1.29, 1.82) is 0 Å². The molecule has 3 aromatic rings. The zero-order valence-corrected chi connectivity index (χ0v) is 11.9. The minimum atomic E-state index is -0.364. The van der Waals surface area contributed by atoms with Crippen molar-refractivity contribution in [2.24, 2.45) is 0 Å². The molecule has 0 atom stereocenters. The zero-order valence-electron chi connectivity index (χ0n) is 11.9. The molecule has 0 aliphatic heterocycles. The van der Waals surface area contributed by atoms with Crippen LogP contribution in [0.25, 0.3) is 5.69 Å². The molecule has 0 spiro atoms. The van der Waals surface area contributed by atoms with Crippen LogP contribution < -0.4 is 10.4 Å². The first-order valence-electron chi connectivity index (χ1n) is 6.73. The van der Waals surface area contributed by atoms with Gasteiger partial charge in [-0.3, -0.25) is 0 Å². The first kappa shape index (κ1) is 14.1. The number of hydrogen-bond acceptors (Lipinski definition) is 3. The SMILES string of the molecule is COc1ccccc1Cc1n[nH]c(=O)n1-c1ccc(F)cc1. The average molecular weight is 299 g/mol. The van der Waals surface area contributed by atoms with Gasteiger partial charge in [-0.25, -0.2) is 18.9 Å². The Bertz CT molecular complexity index is 837. The fraction of sp³-hybridized carbons (Fsp3) is 0.125. The lowest BCUT2D eigenvalue weighted by Crippen LogP contribution is -2.17. The predicted molar refractivity (Wildman–Crippen MR) is 79.9 cm³/mol. The van der Waals surface area contributed by atoms with Crippen LogP contribution in [-0.2, 0) is 6.42 Å². The molecule has 0 radical (unpaired) electrons. The van der Waals surface area contributed by atoms with Crippen molar-refractivity contribution < 1.29 is 9.13 Å². The number of methoxy groups -OCH3 is 1. The summed E-state index contributed by atoms with van der Waals surface area (Å²) in [6, 6.07) is 13.2. The van der Waals surface area contributed by atoms with Crippen LogP contribution in [0, 0.1) is 5.82 Å². The molecule has 1 heterocycles. The molecular formula is C16H14FN3O2. The van der Waals surface area contributed by atoms with Gasteiger partial charge in [0, 0.05) is 12.0 Å². The molecule has 0 saturated heterocycles. The summed E-state index contributed by atoms with van der Waals surface area (Å²) >= 11 is 0. The summed E-state index contributed by atoms with van der Waals surface area (Å²) in [5.41, 5.74) is 1.11. The number of aromatic nitrogens is 3. The summed E-state index contributed by atoms with van der Waals surface area (Å²) in [6.07, 6.45) is 0.417. The molecule has 0 unspecified atom stereocenters. The monoisotopic (exact) mass is 299 g/mol. The summed E-state index contributed by atoms with van der Waals surface area (Å²) in [5, 5.41) is 6.49. The first-order valence-corrected chi connectivity index (χ1v) is 6.73. The Morgan fingerprint density at radius 3 is 2.64 bits per heavy atom. The Morgan fingerprint density at radius 2 is 1.91 bits per heavy atom. The number of nitrogens with one attached hydrogen (secondary N) is 1. The highest BCUT2D eigenvalue weighted by atomic mass is 19.1. The molecule has 0 saturated carbocycles. The summed E-state index contributed by atoms with van der Waals surface area (Å²) in [5.74, 6) is 0.899. The Kier molecular flexibility index (Phi) is 3.74. The van der Waals surface area contributed by atoms with Crippen molar-refractivity contribution in [2.75, 3.05) is 7.11 Å². The van der Waals surface area contributed by atoms with Crippen LogP contribution in [0.15, 0.2) is 53.3 Å². The minimum Gasteiger partial charge on any atom is -0.496 e. The number of ether oxygens (including phenoxy) is 1. The number of nitrogens with zero attached hydrogens (tertiary/aromatic N) is 2. The second-order valence-electron chi connectivity index (χ2n) is 4.75. The van der Waals surface area contributed by atoms with Gasteiger partial charge in [-0.15, -0.1) is 0 Å². The highest BCUT2D eigenvalue weighted by molar-refractivity contribution is 5.38. The highest BCUT2D eigenvalue weighted by Crippen LogP contribution is 2.20. The topological polar surface area (TPSA) is 59.9 Å². The molecule has 0 bridgehead atoms. The Labute approximate surface area is 126 Å². The maximum absolute atomic E-state index is 13.0. The molecule has 112 valence electrons.